The minimum atomic E-state index is -0.279. The summed E-state index contributed by atoms with van der Waals surface area (Å²) in [4.78, 5) is 19.5. The zero-order valence-corrected chi connectivity index (χ0v) is 9.86. The number of aromatic nitrogens is 2. The van der Waals surface area contributed by atoms with Crippen LogP contribution in [0.2, 0.25) is 0 Å². The van der Waals surface area contributed by atoms with Crippen LogP contribution in [0.3, 0.4) is 0 Å². The molecule has 1 aliphatic rings. The third-order valence-corrected chi connectivity index (χ3v) is 3.31. The fourth-order valence-corrected chi connectivity index (χ4v) is 1.93. The number of carbonyl (C=O) groups is 1. The highest BCUT2D eigenvalue weighted by molar-refractivity contribution is 5.90. The van der Waals surface area contributed by atoms with E-state index < -0.39 is 0 Å². The molecule has 1 fully saturated rings. The first-order valence-electron chi connectivity index (χ1n) is 5.71. The quantitative estimate of drug-likeness (QED) is 0.679. The van der Waals surface area contributed by atoms with Crippen molar-refractivity contribution in [2.24, 2.45) is 0 Å². The standard InChI is InChI=1S/C11H17N5O/c1-13-11(4-2-5-11)7-15-10(17)9-14-6-3-8(12)16-9/h3,6,13H,2,4-5,7H2,1H3,(H,15,17)(H2,12,14,16). The van der Waals surface area contributed by atoms with Gasteiger partial charge in [0.2, 0.25) is 5.82 Å². The molecule has 0 spiro atoms. The second-order valence-corrected chi connectivity index (χ2v) is 4.37. The molecule has 17 heavy (non-hydrogen) atoms. The fourth-order valence-electron chi connectivity index (χ4n) is 1.93. The summed E-state index contributed by atoms with van der Waals surface area (Å²) in [5.74, 6) is 0.145. The van der Waals surface area contributed by atoms with E-state index in [1.807, 2.05) is 7.05 Å². The molecule has 4 N–H and O–H groups in total. The molecule has 1 amide bonds. The highest BCUT2D eigenvalue weighted by atomic mass is 16.2. The highest BCUT2D eigenvalue weighted by Crippen LogP contribution is 2.30. The van der Waals surface area contributed by atoms with Gasteiger partial charge in [-0.05, 0) is 32.4 Å². The largest absolute Gasteiger partial charge is 0.384 e. The van der Waals surface area contributed by atoms with Gasteiger partial charge in [-0.2, -0.15) is 0 Å². The first kappa shape index (κ1) is 11.8. The lowest BCUT2D eigenvalue weighted by Gasteiger charge is -2.41. The lowest BCUT2D eigenvalue weighted by atomic mass is 9.77. The second-order valence-electron chi connectivity index (χ2n) is 4.37. The van der Waals surface area contributed by atoms with Crippen molar-refractivity contribution >= 4 is 11.7 Å². The maximum atomic E-state index is 11.8. The van der Waals surface area contributed by atoms with Crippen molar-refractivity contribution in [1.82, 2.24) is 20.6 Å². The first-order chi connectivity index (χ1) is 8.15. The number of likely N-dealkylation sites (N-methyl/N-ethyl adjacent to an activating group) is 1. The fraction of sp³-hybridized carbons (Fsp3) is 0.545. The maximum absolute atomic E-state index is 11.8. The number of hydrogen-bond donors (Lipinski definition) is 3. The Balaban J connectivity index is 1.93. The number of nitrogens with zero attached hydrogens (tertiary/aromatic N) is 2. The van der Waals surface area contributed by atoms with E-state index in [4.69, 9.17) is 5.73 Å². The van der Waals surface area contributed by atoms with Gasteiger partial charge in [0.15, 0.2) is 0 Å². The van der Waals surface area contributed by atoms with Crippen LogP contribution in [-0.4, -0.2) is 35.0 Å². The van der Waals surface area contributed by atoms with E-state index in [1.54, 1.807) is 6.07 Å². The van der Waals surface area contributed by atoms with Crippen molar-refractivity contribution in [3.63, 3.8) is 0 Å². The Morgan fingerprint density at radius 3 is 2.88 bits per heavy atom. The van der Waals surface area contributed by atoms with Gasteiger partial charge in [-0.1, -0.05) is 0 Å². The van der Waals surface area contributed by atoms with Gasteiger partial charge in [0.25, 0.3) is 5.91 Å². The van der Waals surface area contributed by atoms with Crippen LogP contribution in [0.4, 0.5) is 5.82 Å². The molecule has 0 radical (unpaired) electrons. The van der Waals surface area contributed by atoms with Crippen LogP contribution in [0.1, 0.15) is 29.9 Å². The Labute approximate surface area is 100 Å². The Morgan fingerprint density at radius 2 is 2.35 bits per heavy atom. The molecule has 0 unspecified atom stereocenters. The van der Waals surface area contributed by atoms with Crippen LogP contribution in [0.15, 0.2) is 12.3 Å². The molecule has 1 saturated carbocycles. The van der Waals surface area contributed by atoms with E-state index in [2.05, 4.69) is 20.6 Å². The minimum Gasteiger partial charge on any atom is -0.384 e. The number of carbonyl (C=O) groups excluding carboxylic acids is 1. The van der Waals surface area contributed by atoms with Crippen molar-refractivity contribution in [2.75, 3.05) is 19.3 Å². The summed E-state index contributed by atoms with van der Waals surface area (Å²) in [6.45, 7) is 0.598. The highest BCUT2D eigenvalue weighted by Gasteiger charge is 2.35. The van der Waals surface area contributed by atoms with E-state index in [-0.39, 0.29) is 17.3 Å². The number of nitrogen functional groups attached to an aromatic ring is 1. The van der Waals surface area contributed by atoms with Gasteiger partial charge in [-0.25, -0.2) is 9.97 Å². The van der Waals surface area contributed by atoms with Gasteiger partial charge in [0, 0.05) is 18.3 Å². The molecule has 92 valence electrons. The summed E-state index contributed by atoms with van der Waals surface area (Å²) in [5.41, 5.74) is 5.55. The molecule has 0 saturated heterocycles. The summed E-state index contributed by atoms with van der Waals surface area (Å²) in [6.07, 6.45) is 4.85. The van der Waals surface area contributed by atoms with Crippen LogP contribution < -0.4 is 16.4 Å². The molecule has 0 aliphatic heterocycles. The number of nitrogens with one attached hydrogen (secondary N) is 2. The van der Waals surface area contributed by atoms with Gasteiger partial charge in [0.05, 0.1) is 0 Å². The molecule has 0 atom stereocenters. The van der Waals surface area contributed by atoms with E-state index in [1.165, 1.54) is 12.6 Å². The van der Waals surface area contributed by atoms with Gasteiger partial charge < -0.3 is 16.4 Å². The van der Waals surface area contributed by atoms with Crippen molar-refractivity contribution in [3.05, 3.63) is 18.1 Å². The van der Waals surface area contributed by atoms with Crippen molar-refractivity contribution < 1.29 is 4.79 Å². The van der Waals surface area contributed by atoms with E-state index in [9.17, 15) is 4.79 Å². The molecule has 6 nitrogen and oxygen atoms in total. The molecule has 1 aromatic rings. The summed E-state index contributed by atoms with van der Waals surface area (Å²) in [5, 5.41) is 6.09. The monoisotopic (exact) mass is 235 g/mol. The van der Waals surface area contributed by atoms with Gasteiger partial charge >= 0.3 is 0 Å². The Hall–Kier alpha value is -1.69. The second kappa shape index (κ2) is 4.67. The molecule has 1 heterocycles. The third-order valence-electron chi connectivity index (χ3n) is 3.31. The number of hydrogen-bond acceptors (Lipinski definition) is 5. The summed E-state index contributed by atoms with van der Waals surface area (Å²) in [6, 6.07) is 1.55. The molecule has 1 aliphatic carbocycles. The predicted molar refractivity (Wildman–Crippen MR) is 64.4 cm³/mol. The van der Waals surface area contributed by atoms with Crippen LogP contribution in [-0.2, 0) is 0 Å². The van der Waals surface area contributed by atoms with Crippen LogP contribution >= 0.6 is 0 Å². The van der Waals surface area contributed by atoms with E-state index in [0.717, 1.165) is 12.8 Å². The molecule has 1 aromatic heterocycles. The lowest BCUT2D eigenvalue weighted by Crippen LogP contribution is -2.56. The van der Waals surface area contributed by atoms with Gasteiger partial charge in [-0.3, -0.25) is 4.79 Å². The van der Waals surface area contributed by atoms with Crippen LogP contribution in [0, 0.1) is 0 Å². The minimum absolute atomic E-state index is 0.0516. The molecule has 2 rings (SSSR count). The van der Waals surface area contributed by atoms with Crippen LogP contribution in [0.5, 0.6) is 0 Å². The van der Waals surface area contributed by atoms with E-state index in [0.29, 0.717) is 12.4 Å². The van der Waals surface area contributed by atoms with Crippen molar-refractivity contribution in [1.29, 1.82) is 0 Å². The smallest absolute Gasteiger partial charge is 0.289 e. The third kappa shape index (κ3) is 2.52. The molecule has 6 heteroatoms. The van der Waals surface area contributed by atoms with Gasteiger partial charge in [-0.15, -0.1) is 0 Å². The topological polar surface area (TPSA) is 92.9 Å². The van der Waals surface area contributed by atoms with Crippen molar-refractivity contribution in [2.45, 2.75) is 24.8 Å². The molecular weight excluding hydrogens is 218 g/mol. The molecule has 0 aromatic carbocycles. The van der Waals surface area contributed by atoms with E-state index >= 15 is 0 Å². The predicted octanol–water partition coefficient (Wildman–Crippen LogP) is -0.0693. The zero-order chi connectivity index (χ0) is 12.3. The average molecular weight is 235 g/mol. The number of nitrogens with two attached hydrogens (primary N) is 1. The van der Waals surface area contributed by atoms with Crippen molar-refractivity contribution in [3.8, 4) is 0 Å². The molecular formula is C11H17N5O. The molecule has 0 bridgehead atoms. The number of amides is 1. The number of rotatable bonds is 4. The summed E-state index contributed by atoms with van der Waals surface area (Å²) in [7, 11) is 1.92. The van der Waals surface area contributed by atoms with Gasteiger partial charge in [0.1, 0.15) is 5.82 Å². The zero-order valence-electron chi connectivity index (χ0n) is 9.86. The summed E-state index contributed by atoms with van der Waals surface area (Å²) >= 11 is 0. The van der Waals surface area contributed by atoms with Crippen LogP contribution in [0.25, 0.3) is 0 Å². The number of anilines is 1. The Bertz CT molecular complexity index is 411. The SMILES string of the molecule is CNC1(CNC(=O)c2nccc(N)n2)CCC1. The maximum Gasteiger partial charge on any atom is 0.289 e. The lowest BCUT2D eigenvalue weighted by molar-refractivity contribution is 0.0907. The summed E-state index contributed by atoms with van der Waals surface area (Å²) < 4.78 is 0. The Morgan fingerprint density at radius 1 is 1.59 bits per heavy atom. The normalized spacial score (nSPS) is 17.2. The average Bonchev–Trinajstić information content (AvgIpc) is 2.28. The Kier molecular flexibility index (Phi) is 3.23. The first-order valence-corrected chi connectivity index (χ1v) is 5.71.